The Morgan fingerprint density at radius 2 is 1.86 bits per heavy atom. The quantitative estimate of drug-likeness (QED) is 0.631. The zero-order valence-corrected chi connectivity index (χ0v) is 16.3. The third-order valence-corrected chi connectivity index (χ3v) is 5.63. The predicted octanol–water partition coefficient (Wildman–Crippen LogP) is 5.26. The molecular formula is C15H15BrCl2N2OS. The minimum absolute atomic E-state index is 0.0776. The summed E-state index contributed by atoms with van der Waals surface area (Å²) in [4.78, 5) is 12.8. The molecule has 0 amide bonds. The van der Waals surface area contributed by atoms with Gasteiger partial charge in [-0.1, -0.05) is 64.7 Å². The Balaban J connectivity index is 2.46. The first-order valence-corrected chi connectivity index (χ1v) is 9.32. The van der Waals surface area contributed by atoms with E-state index in [1.807, 2.05) is 32.0 Å². The van der Waals surface area contributed by atoms with Gasteiger partial charge in [0, 0.05) is 17.9 Å². The van der Waals surface area contributed by atoms with Crippen molar-refractivity contribution in [3.05, 3.63) is 49.7 Å². The molecule has 0 aliphatic heterocycles. The van der Waals surface area contributed by atoms with Crippen molar-refractivity contribution in [2.75, 3.05) is 0 Å². The van der Waals surface area contributed by atoms with Crippen LogP contribution in [0.5, 0.6) is 0 Å². The number of alkyl halides is 1. The molecule has 22 heavy (non-hydrogen) atoms. The number of halogens is 3. The van der Waals surface area contributed by atoms with Crippen molar-refractivity contribution in [1.82, 2.24) is 9.78 Å². The van der Waals surface area contributed by atoms with Gasteiger partial charge in [-0.2, -0.15) is 5.10 Å². The van der Waals surface area contributed by atoms with Gasteiger partial charge in [0.2, 0.25) is 0 Å². The molecule has 0 spiro atoms. The second-order valence-corrected chi connectivity index (χ2v) is 7.55. The summed E-state index contributed by atoms with van der Waals surface area (Å²) in [6.45, 7) is 3.96. The van der Waals surface area contributed by atoms with Gasteiger partial charge in [0.25, 0.3) is 5.56 Å². The zero-order valence-electron chi connectivity index (χ0n) is 12.4. The fourth-order valence-corrected chi connectivity index (χ4v) is 3.92. The van der Waals surface area contributed by atoms with E-state index >= 15 is 0 Å². The number of benzene rings is 1. The van der Waals surface area contributed by atoms with Gasteiger partial charge in [-0.3, -0.25) is 4.79 Å². The summed E-state index contributed by atoms with van der Waals surface area (Å²) in [6, 6.07) is 5.55. The first-order chi connectivity index (χ1) is 10.3. The van der Waals surface area contributed by atoms with E-state index in [4.69, 9.17) is 23.2 Å². The van der Waals surface area contributed by atoms with E-state index in [2.05, 4.69) is 21.0 Å². The van der Waals surface area contributed by atoms with Crippen LogP contribution in [-0.2, 0) is 12.4 Å². The Bertz CT molecular complexity index is 739. The minimum atomic E-state index is -0.0776. The second-order valence-electron chi connectivity index (χ2n) is 5.15. The maximum atomic E-state index is 12.1. The highest BCUT2D eigenvalue weighted by Gasteiger charge is 2.14. The maximum absolute atomic E-state index is 12.1. The molecule has 0 bridgehead atoms. The molecule has 0 saturated carbocycles. The van der Waals surface area contributed by atoms with E-state index in [1.54, 1.807) is 7.05 Å². The lowest BCUT2D eigenvalue weighted by Gasteiger charge is -2.11. The Hall–Kier alpha value is -0.490. The Morgan fingerprint density at radius 1 is 1.27 bits per heavy atom. The molecule has 118 valence electrons. The summed E-state index contributed by atoms with van der Waals surface area (Å²) in [5.41, 5.74) is 1.66. The zero-order chi connectivity index (χ0) is 16.4. The molecule has 2 rings (SSSR count). The highest BCUT2D eigenvalue weighted by molar-refractivity contribution is 9.08. The lowest BCUT2D eigenvalue weighted by Crippen LogP contribution is -2.24. The molecule has 1 heterocycles. The standard InChI is InChI=1S/C15H15BrCl2N2OS/c1-8(2)10-6-13(19-20(3)15(10)21)22-14-11(17)4-9(7-16)5-12(14)18/h4-6,8H,7H2,1-3H3. The number of rotatable bonds is 4. The molecule has 1 aromatic heterocycles. The average molecular weight is 422 g/mol. The van der Waals surface area contributed by atoms with Gasteiger partial charge in [0.05, 0.1) is 14.9 Å². The van der Waals surface area contributed by atoms with Crippen LogP contribution in [-0.4, -0.2) is 9.78 Å². The molecule has 0 saturated heterocycles. The fourth-order valence-electron chi connectivity index (χ4n) is 1.96. The number of hydrogen-bond donors (Lipinski definition) is 0. The summed E-state index contributed by atoms with van der Waals surface area (Å²) in [5.74, 6) is 0.128. The third-order valence-electron chi connectivity index (χ3n) is 3.11. The first kappa shape index (κ1) is 17.9. The van der Waals surface area contributed by atoms with Crippen LogP contribution in [0.15, 0.2) is 32.9 Å². The van der Waals surface area contributed by atoms with Crippen molar-refractivity contribution < 1.29 is 0 Å². The molecule has 2 aromatic rings. The van der Waals surface area contributed by atoms with E-state index in [1.165, 1.54) is 16.4 Å². The summed E-state index contributed by atoms with van der Waals surface area (Å²) in [7, 11) is 1.65. The predicted molar refractivity (Wildman–Crippen MR) is 96.8 cm³/mol. The molecule has 0 N–H and O–H groups in total. The van der Waals surface area contributed by atoms with Gasteiger partial charge < -0.3 is 0 Å². The lowest BCUT2D eigenvalue weighted by molar-refractivity contribution is 0.642. The smallest absolute Gasteiger partial charge is 0.268 e. The van der Waals surface area contributed by atoms with Gasteiger partial charge in [-0.05, 0) is 29.7 Å². The molecule has 0 unspecified atom stereocenters. The van der Waals surface area contributed by atoms with Crippen molar-refractivity contribution in [1.29, 1.82) is 0 Å². The highest BCUT2D eigenvalue weighted by Crippen LogP contribution is 2.39. The van der Waals surface area contributed by atoms with Crippen LogP contribution in [0.2, 0.25) is 10.0 Å². The van der Waals surface area contributed by atoms with Gasteiger partial charge in [-0.15, -0.1) is 0 Å². The number of hydrogen-bond acceptors (Lipinski definition) is 3. The number of nitrogens with zero attached hydrogens (tertiary/aromatic N) is 2. The second kappa shape index (κ2) is 7.39. The van der Waals surface area contributed by atoms with Gasteiger partial charge in [0.15, 0.2) is 0 Å². The summed E-state index contributed by atoms with van der Waals surface area (Å²) < 4.78 is 1.35. The van der Waals surface area contributed by atoms with Crippen molar-refractivity contribution in [2.45, 2.75) is 35.0 Å². The van der Waals surface area contributed by atoms with Crippen molar-refractivity contribution >= 4 is 50.9 Å². The summed E-state index contributed by atoms with van der Waals surface area (Å²) in [5, 5.41) is 6.81. The molecule has 0 fully saturated rings. The molecule has 0 atom stereocenters. The van der Waals surface area contributed by atoms with E-state index in [0.29, 0.717) is 20.4 Å². The van der Waals surface area contributed by atoms with Gasteiger partial charge in [0.1, 0.15) is 5.03 Å². The first-order valence-electron chi connectivity index (χ1n) is 6.63. The van der Waals surface area contributed by atoms with Crippen LogP contribution in [0, 0.1) is 0 Å². The van der Waals surface area contributed by atoms with E-state index in [9.17, 15) is 4.79 Å². The number of aromatic nitrogens is 2. The highest BCUT2D eigenvalue weighted by atomic mass is 79.9. The van der Waals surface area contributed by atoms with Crippen LogP contribution in [0.3, 0.4) is 0 Å². The topological polar surface area (TPSA) is 34.9 Å². The van der Waals surface area contributed by atoms with Crippen LogP contribution in [0.1, 0.15) is 30.9 Å². The average Bonchev–Trinajstić information content (AvgIpc) is 2.45. The summed E-state index contributed by atoms with van der Waals surface area (Å²) >= 11 is 17.4. The van der Waals surface area contributed by atoms with E-state index in [-0.39, 0.29) is 11.5 Å². The molecule has 3 nitrogen and oxygen atoms in total. The summed E-state index contributed by atoms with van der Waals surface area (Å²) in [6.07, 6.45) is 0. The molecular weight excluding hydrogens is 407 g/mol. The van der Waals surface area contributed by atoms with Gasteiger partial charge >= 0.3 is 0 Å². The fraction of sp³-hybridized carbons (Fsp3) is 0.333. The molecule has 1 aromatic carbocycles. The normalized spacial score (nSPS) is 11.2. The monoisotopic (exact) mass is 420 g/mol. The van der Waals surface area contributed by atoms with Gasteiger partial charge in [-0.25, -0.2) is 4.68 Å². The third kappa shape index (κ3) is 3.88. The minimum Gasteiger partial charge on any atom is -0.268 e. The molecule has 0 radical (unpaired) electrons. The van der Waals surface area contributed by atoms with E-state index in [0.717, 1.165) is 16.0 Å². The largest absolute Gasteiger partial charge is 0.270 e. The molecule has 0 aliphatic carbocycles. The van der Waals surface area contributed by atoms with Crippen LogP contribution in [0.25, 0.3) is 0 Å². The maximum Gasteiger partial charge on any atom is 0.270 e. The molecule has 0 aliphatic rings. The van der Waals surface area contributed by atoms with E-state index < -0.39 is 0 Å². The Labute approximate surface area is 152 Å². The van der Waals surface area contributed by atoms with Crippen LogP contribution >= 0.6 is 50.9 Å². The van der Waals surface area contributed by atoms with Crippen molar-refractivity contribution in [3.63, 3.8) is 0 Å². The Morgan fingerprint density at radius 3 is 2.36 bits per heavy atom. The van der Waals surface area contributed by atoms with Crippen LogP contribution < -0.4 is 5.56 Å². The van der Waals surface area contributed by atoms with Crippen molar-refractivity contribution in [3.8, 4) is 0 Å². The Kier molecular flexibility index (Phi) is 6.00. The van der Waals surface area contributed by atoms with Crippen LogP contribution in [0.4, 0.5) is 0 Å². The molecule has 7 heteroatoms. The van der Waals surface area contributed by atoms with Crippen molar-refractivity contribution in [2.24, 2.45) is 7.05 Å². The number of aryl methyl sites for hydroxylation is 1. The SMILES string of the molecule is CC(C)c1cc(Sc2c(Cl)cc(CBr)cc2Cl)nn(C)c1=O. The lowest BCUT2D eigenvalue weighted by atomic mass is 10.1.